The van der Waals surface area contributed by atoms with Gasteiger partial charge in [-0.15, -0.1) is 0 Å². The van der Waals surface area contributed by atoms with E-state index in [1.807, 2.05) is 0 Å². The molecule has 6 nitrogen and oxygen atoms in total. The minimum Gasteiger partial charge on any atom is -0.383 e. The van der Waals surface area contributed by atoms with Gasteiger partial charge in [-0.1, -0.05) is 20.8 Å². The number of halogens is 1. The number of nitro groups is 1. The molecule has 2 rings (SSSR count). The van der Waals surface area contributed by atoms with Gasteiger partial charge in [-0.3, -0.25) is 10.1 Å². The number of nitro benzene ring substituents is 1. The fourth-order valence-electron chi connectivity index (χ4n) is 1.82. The number of hydrogen-bond acceptors (Lipinski definition) is 5. The summed E-state index contributed by atoms with van der Waals surface area (Å²) in [6.07, 6.45) is 0. The third kappa shape index (κ3) is 3.29. The fraction of sp³-hybridized carbons (Fsp3) is 0.286. The second kappa shape index (κ2) is 5.55. The molecule has 1 aromatic heterocycles. The van der Waals surface area contributed by atoms with Gasteiger partial charge in [0.15, 0.2) is 5.82 Å². The molecule has 0 radical (unpaired) electrons. The summed E-state index contributed by atoms with van der Waals surface area (Å²) in [7, 11) is 0. The summed E-state index contributed by atoms with van der Waals surface area (Å²) in [5.74, 6) is 0.900. The minimum atomic E-state index is -0.437. The second-order valence-electron chi connectivity index (χ2n) is 5.65. The first-order valence-electron chi connectivity index (χ1n) is 6.28. The lowest BCUT2D eigenvalue weighted by molar-refractivity contribution is -0.384. The van der Waals surface area contributed by atoms with Crippen molar-refractivity contribution < 1.29 is 4.92 Å². The van der Waals surface area contributed by atoms with Crippen LogP contribution in [0.3, 0.4) is 0 Å². The summed E-state index contributed by atoms with van der Waals surface area (Å²) >= 11 is 2.14. The van der Waals surface area contributed by atoms with Crippen LogP contribution in [0, 0.1) is 13.7 Å². The van der Waals surface area contributed by atoms with Crippen LogP contribution in [-0.4, -0.2) is 14.9 Å². The Morgan fingerprint density at radius 1 is 1.19 bits per heavy atom. The van der Waals surface area contributed by atoms with E-state index < -0.39 is 4.92 Å². The average molecular weight is 398 g/mol. The van der Waals surface area contributed by atoms with E-state index in [1.165, 1.54) is 12.1 Å². The van der Waals surface area contributed by atoms with E-state index in [2.05, 4.69) is 53.3 Å². The molecule has 0 saturated carbocycles. The molecule has 2 aromatic rings. The van der Waals surface area contributed by atoms with Gasteiger partial charge in [-0.25, -0.2) is 9.97 Å². The van der Waals surface area contributed by atoms with Crippen LogP contribution >= 0.6 is 22.6 Å². The Balaban J connectivity index is 2.54. The maximum Gasteiger partial charge on any atom is 0.269 e. The lowest BCUT2D eigenvalue weighted by atomic mass is 9.92. The average Bonchev–Trinajstić information content (AvgIpc) is 2.40. The summed E-state index contributed by atoms with van der Waals surface area (Å²) in [4.78, 5) is 19.1. The van der Waals surface area contributed by atoms with Crippen LogP contribution in [0.4, 0.5) is 11.5 Å². The lowest BCUT2D eigenvalue weighted by Gasteiger charge is -2.20. The van der Waals surface area contributed by atoms with Crippen LogP contribution in [0.25, 0.3) is 11.4 Å². The Bertz CT molecular complexity index is 693. The Morgan fingerprint density at radius 3 is 2.24 bits per heavy atom. The molecule has 0 spiro atoms. The number of nitrogens with two attached hydrogens (primary N) is 1. The largest absolute Gasteiger partial charge is 0.383 e. The molecule has 21 heavy (non-hydrogen) atoms. The predicted molar refractivity (Wildman–Crippen MR) is 90.0 cm³/mol. The molecule has 0 amide bonds. The highest BCUT2D eigenvalue weighted by Gasteiger charge is 2.22. The molecule has 0 unspecified atom stereocenters. The van der Waals surface area contributed by atoms with E-state index in [0.29, 0.717) is 17.2 Å². The third-order valence-electron chi connectivity index (χ3n) is 2.92. The normalized spacial score (nSPS) is 11.4. The van der Waals surface area contributed by atoms with Gasteiger partial charge in [0, 0.05) is 23.1 Å². The number of anilines is 1. The van der Waals surface area contributed by atoms with Gasteiger partial charge in [0.25, 0.3) is 5.69 Å². The highest BCUT2D eigenvalue weighted by molar-refractivity contribution is 14.1. The maximum absolute atomic E-state index is 10.7. The molecule has 0 aliphatic carbocycles. The first-order chi connectivity index (χ1) is 9.70. The van der Waals surface area contributed by atoms with Crippen molar-refractivity contribution in [1.82, 2.24) is 9.97 Å². The zero-order valence-corrected chi connectivity index (χ0v) is 14.1. The fourth-order valence-corrected chi connectivity index (χ4v) is 2.87. The number of benzene rings is 1. The maximum atomic E-state index is 10.7. The summed E-state index contributed by atoms with van der Waals surface area (Å²) in [6.45, 7) is 6.16. The van der Waals surface area contributed by atoms with Gasteiger partial charge in [-0.05, 0) is 34.7 Å². The molecule has 0 bridgehead atoms. The van der Waals surface area contributed by atoms with Gasteiger partial charge in [0.1, 0.15) is 5.82 Å². The van der Waals surface area contributed by atoms with Crippen molar-refractivity contribution in [3.05, 3.63) is 43.6 Å². The van der Waals surface area contributed by atoms with Crippen molar-refractivity contribution >= 4 is 34.1 Å². The number of nitrogens with zero attached hydrogens (tertiary/aromatic N) is 3. The topological polar surface area (TPSA) is 94.9 Å². The summed E-state index contributed by atoms with van der Waals surface area (Å²) < 4.78 is 0.839. The van der Waals surface area contributed by atoms with Crippen molar-refractivity contribution in [3.8, 4) is 11.4 Å². The first kappa shape index (κ1) is 15.6. The molecule has 0 saturated heterocycles. The molecule has 0 atom stereocenters. The zero-order valence-electron chi connectivity index (χ0n) is 11.9. The van der Waals surface area contributed by atoms with Crippen molar-refractivity contribution in [2.75, 3.05) is 5.73 Å². The highest BCUT2D eigenvalue weighted by Crippen LogP contribution is 2.30. The van der Waals surface area contributed by atoms with E-state index in [9.17, 15) is 10.1 Å². The van der Waals surface area contributed by atoms with E-state index in [1.54, 1.807) is 12.1 Å². The van der Waals surface area contributed by atoms with Crippen LogP contribution in [-0.2, 0) is 5.41 Å². The standard InChI is InChI=1S/C14H15IN4O2/c1-14(2,3)11-10(15)12(16)18-13(17-11)8-4-6-9(7-5-8)19(20)21/h4-7H,1-3H3,(H2,16,17,18). The Kier molecular flexibility index (Phi) is 4.13. The Hall–Kier alpha value is -1.77. The summed E-state index contributed by atoms with van der Waals surface area (Å²) in [5.41, 5.74) is 7.41. The molecule has 0 fully saturated rings. The monoisotopic (exact) mass is 398 g/mol. The van der Waals surface area contributed by atoms with E-state index in [-0.39, 0.29) is 11.1 Å². The molecular weight excluding hydrogens is 383 g/mol. The molecule has 2 N–H and O–H groups in total. The SMILES string of the molecule is CC(C)(C)c1nc(-c2ccc([N+](=O)[O-])cc2)nc(N)c1I. The van der Waals surface area contributed by atoms with E-state index in [0.717, 1.165) is 9.26 Å². The van der Waals surface area contributed by atoms with Gasteiger partial charge in [-0.2, -0.15) is 0 Å². The molecule has 1 heterocycles. The zero-order chi connectivity index (χ0) is 15.8. The summed E-state index contributed by atoms with van der Waals surface area (Å²) in [6, 6.07) is 6.13. The predicted octanol–water partition coefficient (Wildman–Crippen LogP) is 3.54. The molecule has 110 valence electrons. The van der Waals surface area contributed by atoms with E-state index in [4.69, 9.17) is 5.73 Å². The smallest absolute Gasteiger partial charge is 0.269 e. The number of nitrogen functional groups attached to an aromatic ring is 1. The quantitative estimate of drug-likeness (QED) is 0.475. The second-order valence-corrected chi connectivity index (χ2v) is 6.73. The van der Waals surface area contributed by atoms with Crippen molar-refractivity contribution in [1.29, 1.82) is 0 Å². The van der Waals surface area contributed by atoms with Gasteiger partial charge >= 0.3 is 0 Å². The highest BCUT2D eigenvalue weighted by atomic mass is 127. The molecule has 0 aliphatic heterocycles. The third-order valence-corrected chi connectivity index (χ3v) is 3.99. The first-order valence-corrected chi connectivity index (χ1v) is 7.36. The van der Waals surface area contributed by atoms with Crippen LogP contribution < -0.4 is 5.73 Å². The molecule has 0 aliphatic rings. The number of rotatable bonds is 2. The van der Waals surface area contributed by atoms with Crippen LogP contribution in [0.15, 0.2) is 24.3 Å². The Morgan fingerprint density at radius 2 is 1.76 bits per heavy atom. The number of aromatic nitrogens is 2. The number of hydrogen-bond donors (Lipinski definition) is 1. The van der Waals surface area contributed by atoms with E-state index >= 15 is 0 Å². The van der Waals surface area contributed by atoms with Gasteiger partial charge < -0.3 is 5.73 Å². The van der Waals surface area contributed by atoms with Crippen molar-refractivity contribution in [2.24, 2.45) is 0 Å². The van der Waals surface area contributed by atoms with Gasteiger partial charge in [0.2, 0.25) is 0 Å². The summed E-state index contributed by atoms with van der Waals surface area (Å²) in [5, 5.41) is 10.7. The van der Waals surface area contributed by atoms with Crippen molar-refractivity contribution in [2.45, 2.75) is 26.2 Å². The van der Waals surface area contributed by atoms with Crippen molar-refractivity contribution in [3.63, 3.8) is 0 Å². The number of non-ortho nitro benzene ring substituents is 1. The molecular formula is C14H15IN4O2. The molecule has 1 aromatic carbocycles. The van der Waals surface area contributed by atoms with Crippen LogP contribution in [0.1, 0.15) is 26.5 Å². The molecule has 7 heteroatoms. The van der Waals surface area contributed by atoms with Gasteiger partial charge in [0.05, 0.1) is 14.2 Å². The van der Waals surface area contributed by atoms with Crippen LogP contribution in [0.2, 0.25) is 0 Å². The lowest BCUT2D eigenvalue weighted by Crippen LogP contribution is -2.18. The minimum absolute atomic E-state index is 0.0354. The van der Waals surface area contributed by atoms with Crippen LogP contribution in [0.5, 0.6) is 0 Å². The Labute approximate surface area is 136 Å².